The van der Waals surface area contributed by atoms with E-state index in [1.54, 1.807) is 30.5 Å². The molecular weight excluding hydrogens is 496 g/mol. The van der Waals surface area contributed by atoms with Crippen molar-refractivity contribution >= 4 is 27.0 Å². The molecule has 0 unspecified atom stereocenters. The summed E-state index contributed by atoms with van der Waals surface area (Å²) in [5, 5.41) is 3.87. The number of aromatic nitrogens is 1. The van der Waals surface area contributed by atoms with Crippen LogP contribution < -0.4 is 5.32 Å². The van der Waals surface area contributed by atoms with Crippen LogP contribution in [0.25, 0.3) is 10.9 Å². The van der Waals surface area contributed by atoms with Crippen LogP contribution in [0.2, 0.25) is 0 Å². The summed E-state index contributed by atoms with van der Waals surface area (Å²) < 4.78 is 33.5. The largest absolute Gasteiger partial charge is 0.444 e. The van der Waals surface area contributed by atoms with Gasteiger partial charge in [-0.3, -0.25) is 0 Å². The minimum absolute atomic E-state index is 0.136. The molecule has 1 N–H and O–H groups in total. The summed E-state index contributed by atoms with van der Waals surface area (Å²) in [5.74, 6) is 0.235. The maximum atomic E-state index is 13.3. The second-order valence-electron chi connectivity index (χ2n) is 11.4. The molecule has 6 nitrogen and oxygen atoms in total. The van der Waals surface area contributed by atoms with Crippen LogP contribution in [0, 0.1) is 12.3 Å². The molecule has 0 spiro atoms. The lowest BCUT2D eigenvalue weighted by atomic mass is 9.91. The molecule has 0 bridgehead atoms. The normalized spacial score (nSPS) is 19.3. The number of fused-ring (bicyclic) bond motifs is 1. The molecule has 1 aromatic heterocycles. The molecule has 1 aliphatic rings. The molecule has 3 aromatic carbocycles. The fourth-order valence-electron chi connectivity index (χ4n) is 5.22. The molecule has 1 aliphatic carbocycles. The summed E-state index contributed by atoms with van der Waals surface area (Å²) in [6, 6.07) is 25.0. The quantitative estimate of drug-likeness (QED) is 0.299. The van der Waals surface area contributed by atoms with E-state index in [0.717, 1.165) is 29.4 Å². The monoisotopic (exact) mass is 530 g/mol. The fraction of sp³-hybridized carbons (Fsp3) is 0.323. The van der Waals surface area contributed by atoms with Gasteiger partial charge in [-0.05, 0) is 93.3 Å². The topological polar surface area (TPSA) is 77.4 Å². The van der Waals surface area contributed by atoms with Gasteiger partial charge in [-0.2, -0.15) is 0 Å². The van der Waals surface area contributed by atoms with Crippen molar-refractivity contribution in [3.05, 3.63) is 102 Å². The van der Waals surface area contributed by atoms with Crippen LogP contribution in [-0.4, -0.2) is 30.6 Å². The smallest absolute Gasteiger partial charge is 0.407 e. The number of carbonyl (C=O) groups excluding carboxylic acids is 1. The average Bonchev–Trinajstić information content (AvgIpc) is 3.39. The molecule has 7 heteroatoms. The van der Waals surface area contributed by atoms with Crippen LogP contribution in [0.3, 0.4) is 0 Å². The highest BCUT2D eigenvalue weighted by molar-refractivity contribution is 7.90. The number of benzene rings is 3. The van der Waals surface area contributed by atoms with E-state index >= 15 is 0 Å². The summed E-state index contributed by atoms with van der Waals surface area (Å²) in [5.41, 5.74) is 3.33. The van der Waals surface area contributed by atoms with Crippen molar-refractivity contribution in [3.63, 3.8) is 0 Å². The van der Waals surface area contributed by atoms with Gasteiger partial charge in [-0.1, -0.05) is 54.1 Å². The third-order valence-corrected chi connectivity index (χ3v) is 8.94. The first kappa shape index (κ1) is 26.0. The Balaban J connectivity index is 1.41. The van der Waals surface area contributed by atoms with E-state index in [1.807, 2.05) is 64.1 Å². The standard InChI is InChI=1S/C31H34N2O4S/c1-22-10-13-26(14-11-22)38(35,36)33-17-16-25-18-24(12-15-28(25)33)27-20-31(27,19-23-8-6-5-7-9-23)21-32-29(34)37-30(2,3)4/h5-18,27H,19-21H2,1-4H3,(H,32,34)/t27-,31+/m1/s1. The predicted octanol–water partition coefficient (Wildman–Crippen LogP) is 6.43. The van der Waals surface area contributed by atoms with Gasteiger partial charge in [-0.15, -0.1) is 0 Å². The molecule has 1 amide bonds. The van der Waals surface area contributed by atoms with E-state index in [9.17, 15) is 13.2 Å². The van der Waals surface area contributed by atoms with Crippen molar-refractivity contribution in [1.29, 1.82) is 0 Å². The van der Waals surface area contributed by atoms with E-state index in [1.165, 1.54) is 9.54 Å². The van der Waals surface area contributed by atoms with Crippen molar-refractivity contribution in [2.45, 2.75) is 57.0 Å². The van der Waals surface area contributed by atoms with Gasteiger partial charge in [0, 0.05) is 18.1 Å². The molecule has 1 heterocycles. The summed E-state index contributed by atoms with van der Waals surface area (Å²) in [6.45, 7) is 8.00. The number of hydrogen-bond acceptors (Lipinski definition) is 4. The number of nitrogens with one attached hydrogen (secondary N) is 1. The molecule has 5 rings (SSSR count). The first-order valence-corrected chi connectivity index (χ1v) is 14.3. The van der Waals surface area contributed by atoms with Crippen molar-refractivity contribution in [2.75, 3.05) is 6.54 Å². The molecule has 4 aromatic rings. The molecule has 2 atom stereocenters. The van der Waals surface area contributed by atoms with Gasteiger partial charge >= 0.3 is 6.09 Å². The summed E-state index contributed by atoms with van der Waals surface area (Å²) >= 11 is 0. The van der Waals surface area contributed by atoms with Crippen molar-refractivity contribution in [3.8, 4) is 0 Å². The molecule has 1 fully saturated rings. The fourth-order valence-corrected chi connectivity index (χ4v) is 6.58. The Kier molecular flexibility index (Phi) is 6.59. The zero-order valence-corrected chi connectivity index (χ0v) is 23.1. The van der Waals surface area contributed by atoms with Gasteiger partial charge < -0.3 is 10.1 Å². The lowest BCUT2D eigenvalue weighted by Crippen LogP contribution is -2.36. The van der Waals surface area contributed by atoms with Crippen LogP contribution in [0.15, 0.2) is 90.0 Å². The highest BCUT2D eigenvalue weighted by atomic mass is 32.2. The van der Waals surface area contributed by atoms with Crippen LogP contribution >= 0.6 is 0 Å². The number of carbonyl (C=O) groups is 1. The minimum atomic E-state index is -3.70. The summed E-state index contributed by atoms with van der Waals surface area (Å²) in [7, 11) is -3.70. The average molecular weight is 531 g/mol. The number of rotatable bonds is 7. The third kappa shape index (κ3) is 5.34. The number of hydrogen-bond donors (Lipinski definition) is 1. The molecule has 0 radical (unpaired) electrons. The number of nitrogens with zero attached hydrogens (tertiary/aromatic N) is 1. The maximum absolute atomic E-state index is 13.3. The summed E-state index contributed by atoms with van der Waals surface area (Å²) in [4.78, 5) is 12.7. The Hall–Kier alpha value is -3.58. The molecule has 1 saturated carbocycles. The van der Waals surface area contributed by atoms with Crippen LogP contribution in [0.4, 0.5) is 4.79 Å². The molecule has 198 valence electrons. The van der Waals surface area contributed by atoms with Crippen LogP contribution in [-0.2, 0) is 21.2 Å². The molecule has 38 heavy (non-hydrogen) atoms. The number of aryl methyl sites for hydroxylation is 1. The van der Waals surface area contributed by atoms with Gasteiger partial charge in [0.1, 0.15) is 5.60 Å². The van der Waals surface area contributed by atoms with Crippen molar-refractivity contribution in [2.24, 2.45) is 5.41 Å². The maximum Gasteiger partial charge on any atom is 0.407 e. The zero-order valence-electron chi connectivity index (χ0n) is 22.3. The zero-order chi connectivity index (χ0) is 27.1. The van der Waals surface area contributed by atoms with Gasteiger partial charge in [0.2, 0.25) is 0 Å². The Morgan fingerprint density at radius 3 is 2.42 bits per heavy atom. The SMILES string of the molecule is Cc1ccc(S(=O)(=O)n2ccc3cc([C@H]4C[C@]4(CNC(=O)OC(C)(C)C)Cc4ccccc4)ccc32)cc1. The Labute approximate surface area is 224 Å². The Bertz CT molecular complexity index is 1570. The Morgan fingerprint density at radius 1 is 1.03 bits per heavy atom. The van der Waals surface area contributed by atoms with Crippen LogP contribution in [0.1, 0.15) is 49.8 Å². The predicted molar refractivity (Wildman–Crippen MR) is 150 cm³/mol. The second-order valence-corrected chi connectivity index (χ2v) is 13.2. The number of amides is 1. The highest BCUT2D eigenvalue weighted by Gasteiger charge is 2.54. The van der Waals surface area contributed by atoms with E-state index in [4.69, 9.17) is 4.74 Å². The highest BCUT2D eigenvalue weighted by Crippen LogP contribution is 2.61. The lowest BCUT2D eigenvalue weighted by Gasteiger charge is -2.23. The lowest BCUT2D eigenvalue weighted by molar-refractivity contribution is 0.0515. The van der Waals surface area contributed by atoms with E-state index in [0.29, 0.717) is 12.1 Å². The van der Waals surface area contributed by atoms with Gasteiger partial charge in [0.25, 0.3) is 10.0 Å². The third-order valence-electron chi connectivity index (χ3n) is 7.23. The molecule has 0 saturated heterocycles. The van der Waals surface area contributed by atoms with E-state index < -0.39 is 21.7 Å². The molecule has 0 aliphatic heterocycles. The number of ether oxygens (including phenoxy) is 1. The molecular formula is C31H34N2O4S. The van der Waals surface area contributed by atoms with Crippen molar-refractivity contribution in [1.82, 2.24) is 9.29 Å². The van der Waals surface area contributed by atoms with Gasteiger partial charge in [0.05, 0.1) is 10.4 Å². The summed E-state index contributed by atoms with van der Waals surface area (Å²) in [6.07, 6.45) is 2.96. The van der Waals surface area contributed by atoms with Crippen LogP contribution in [0.5, 0.6) is 0 Å². The Morgan fingerprint density at radius 2 is 1.74 bits per heavy atom. The second kappa shape index (κ2) is 9.62. The first-order valence-electron chi connectivity index (χ1n) is 12.9. The minimum Gasteiger partial charge on any atom is -0.444 e. The van der Waals surface area contributed by atoms with E-state index in [-0.39, 0.29) is 16.2 Å². The van der Waals surface area contributed by atoms with Gasteiger partial charge in [-0.25, -0.2) is 17.2 Å². The van der Waals surface area contributed by atoms with Gasteiger partial charge in [0.15, 0.2) is 0 Å². The van der Waals surface area contributed by atoms with E-state index in [2.05, 4.69) is 23.5 Å². The first-order chi connectivity index (χ1) is 18.0. The van der Waals surface area contributed by atoms with Crippen molar-refractivity contribution < 1.29 is 17.9 Å². The number of alkyl carbamates (subject to hydrolysis) is 1.